The summed E-state index contributed by atoms with van der Waals surface area (Å²) in [6.07, 6.45) is 3.29. The molecule has 2 aromatic carbocycles. The summed E-state index contributed by atoms with van der Waals surface area (Å²) in [5.41, 5.74) is 2.47. The van der Waals surface area contributed by atoms with Gasteiger partial charge in [-0.15, -0.1) is 0 Å². The van der Waals surface area contributed by atoms with E-state index in [9.17, 15) is 18.0 Å². The predicted octanol–water partition coefficient (Wildman–Crippen LogP) is 4.99. The number of hydrogen-bond donors (Lipinski definition) is 0. The zero-order valence-electron chi connectivity index (χ0n) is 13.9. The Bertz CT molecular complexity index is 835. The Morgan fingerprint density at radius 3 is 2.36 bits per heavy atom. The largest absolute Gasteiger partial charge is 0.370 e. The third-order valence-electron chi connectivity index (χ3n) is 4.40. The second-order valence-corrected chi connectivity index (χ2v) is 6.15. The maximum absolute atomic E-state index is 14.0. The maximum Gasteiger partial charge on any atom is 0.164 e. The van der Waals surface area contributed by atoms with Gasteiger partial charge in [-0.25, -0.2) is 13.2 Å². The molecular formula is C20H18F3NO. The lowest BCUT2D eigenvalue weighted by atomic mass is 9.99. The van der Waals surface area contributed by atoms with Crippen molar-refractivity contribution >= 4 is 17.5 Å². The van der Waals surface area contributed by atoms with Crippen LogP contribution < -0.4 is 4.90 Å². The number of nitrogens with zero attached hydrogens (tertiary/aromatic N) is 1. The topological polar surface area (TPSA) is 20.3 Å². The van der Waals surface area contributed by atoms with E-state index in [2.05, 4.69) is 0 Å². The molecule has 1 fully saturated rings. The Morgan fingerprint density at radius 2 is 1.72 bits per heavy atom. The second-order valence-electron chi connectivity index (χ2n) is 6.15. The van der Waals surface area contributed by atoms with Gasteiger partial charge < -0.3 is 4.90 Å². The van der Waals surface area contributed by atoms with Crippen LogP contribution in [0, 0.1) is 17.5 Å². The van der Waals surface area contributed by atoms with Crippen LogP contribution in [-0.2, 0) is 0 Å². The number of ketones is 1. The van der Waals surface area contributed by atoms with E-state index in [0.29, 0.717) is 37.2 Å². The summed E-state index contributed by atoms with van der Waals surface area (Å²) in [5.74, 6) is -2.53. The molecule has 0 radical (unpaired) electrons. The quantitative estimate of drug-likeness (QED) is 0.731. The predicted molar refractivity (Wildman–Crippen MR) is 92.2 cm³/mol. The van der Waals surface area contributed by atoms with Crippen LogP contribution in [0.2, 0.25) is 0 Å². The van der Waals surface area contributed by atoms with Crippen LogP contribution >= 0.6 is 0 Å². The number of Topliss-reactive ketones (excluding diaryl/α,β-unsaturated/α-hetero) is 1. The molecule has 1 saturated heterocycles. The van der Waals surface area contributed by atoms with E-state index in [-0.39, 0.29) is 11.3 Å². The van der Waals surface area contributed by atoms with Crippen LogP contribution in [0.4, 0.5) is 18.9 Å². The molecule has 2 aromatic rings. The Morgan fingerprint density at radius 1 is 1.00 bits per heavy atom. The third-order valence-corrected chi connectivity index (χ3v) is 4.40. The van der Waals surface area contributed by atoms with Crippen molar-refractivity contribution in [2.24, 2.45) is 0 Å². The van der Waals surface area contributed by atoms with E-state index in [0.717, 1.165) is 11.6 Å². The number of halogens is 3. The van der Waals surface area contributed by atoms with Gasteiger partial charge in [0, 0.05) is 13.1 Å². The number of carbonyl (C=O) groups is 1. The van der Waals surface area contributed by atoms with Crippen molar-refractivity contribution in [1.82, 2.24) is 0 Å². The normalized spacial score (nSPS) is 14.6. The summed E-state index contributed by atoms with van der Waals surface area (Å²) in [6, 6.07) is 8.47. The standard InChI is InChI=1S/C20H18F3NO/c1-13(25)20-17(22)3-2-4-19(20)24-9-7-14(8-10-24)11-15-5-6-16(21)18(23)12-15/h2-6,11-12H,7-10H2,1H3. The summed E-state index contributed by atoms with van der Waals surface area (Å²) < 4.78 is 40.3. The minimum Gasteiger partial charge on any atom is -0.370 e. The SMILES string of the molecule is CC(=O)c1c(F)cccc1N1CCC(=Cc2ccc(F)c(F)c2)CC1. The van der Waals surface area contributed by atoms with E-state index >= 15 is 0 Å². The van der Waals surface area contributed by atoms with Gasteiger partial charge in [-0.1, -0.05) is 23.8 Å². The van der Waals surface area contributed by atoms with Gasteiger partial charge in [0.25, 0.3) is 0 Å². The Labute approximate surface area is 144 Å². The van der Waals surface area contributed by atoms with Crippen LogP contribution in [0.5, 0.6) is 0 Å². The first-order valence-corrected chi connectivity index (χ1v) is 8.14. The molecule has 5 heteroatoms. The lowest BCUT2D eigenvalue weighted by Gasteiger charge is -2.31. The minimum absolute atomic E-state index is 0.121. The molecule has 25 heavy (non-hydrogen) atoms. The van der Waals surface area contributed by atoms with Gasteiger partial charge in [-0.2, -0.15) is 0 Å². The first-order valence-electron chi connectivity index (χ1n) is 8.14. The van der Waals surface area contributed by atoms with Crippen molar-refractivity contribution in [3.05, 3.63) is 70.5 Å². The van der Waals surface area contributed by atoms with E-state index in [1.165, 1.54) is 25.1 Å². The van der Waals surface area contributed by atoms with Crippen molar-refractivity contribution in [3.8, 4) is 0 Å². The minimum atomic E-state index is -0.863. The molecule has 0 aromatic heterocycles. The second kappa shape index (κ2) is 7.13. The fourth-order valence-corrected chi connectivity index (χ4v) is 3.14. The Kier molecular flexibility index (Phi) is 4.93. The monoisotopic (exact) mass is 345 g/mol. The lowest BCUT2D eigenvalue weighted by Crippen LogP contribution is -2.32. The first kappa shape index (κ1) is 17.3. The molecule has 0 saturated carbocycles. The molecule has 0 N–H and O–H groups in total. The molecule has 2 nitrogen and oxygen atoms in total. The van der Waals surface area contributed by atoms with E-state index in [1.807, 2.05) is 11.0 Å². The van der Waals surface area contributed by atoms with E-state index < -0.39 is 17.5 Å². The third kappa shape index (κ3) is 3.76. The number of rotatable bonds is 3. The van der Waals surface area contributed by atoms with Gasteiger partial charge in [0.1, 0.15) is 5.82 Å². The molecule has 1 aliphatic rings. The molecule has 1 heterocycles. The zero-order chi connectivity index (χ0) is 18.0. The molecule has 1 aliphatic heterocycles. The highest BCUT2D eigenvalue weighted by Crippen LogP contribution is 2.29. The van der Waals surface area contributed by atoms with E-state index in [1.54, 1.807) is 12.1 Å². The molecule has 0 atom stereocenters. The number of piperidine rings is 1. The molecule has 0 bridgehead atoms. The van der Waals surface area contributed by atoms with Crippen molar-refractivity contribution < 1.29 is 18.0 Å². The summed E-state index contributed by atoms with van der Waals surface area (Å²) in [7, 11) is 0. The van der Waals surface area contributed by atoms with Crippen molar-refractivity contribution in [1.29, 1.82) is 0 Å². The number of carbonyl (C=O) groups excluding carboxylic acids is 1. The summed E-state index contributed by atoms with van der Waals surface area (Å²) in [5, 5.41) is 0. The fraction of sp³-hybridized carbons (Fsp3) is 0.250. The molecule has 0 aliphatic carbocycles. The van der Waals surface area contributed by atoms with Crippen LogP contribution in [0.15, 0.2) is 42.0 Å². The number of benzene rings is 2. The summed E-state index contributed by atoms with van der Waals surface area (Å²) in [4.78, 5) is 13.7. The average molecular weight is 345 g/mol. The molecule has 3 rings (SSSR count). The molecule has 0 amide bonds. The Balaban J connectivity index is 1.76. The number of anilines is 1. The first-order chi connectivity index (χ1) is 12.0. The highest BCUT2D eigenvalue weighted by atomic mass is 19.2. The van der Waals surface area contributed by atoms with Crippen LogP contribution in [-0.4, -0.2) is 18.9 Å². The zero-order valence-corrected chi connectivity index (χ0v) is 13.9. The van der Waals surface area contributed by atoms with Gasteiger partial charge in [0.15, 0.2) is 17.4 Å². The number of hydrogen-bond acceptors (Lipinski definition) is 2. The van der Waals surface area contributed by atoms with Crippen molar-refractivity contribution in [2.75, 3.05) is 18.0 Å². The van der Waals surface area contributed by atoms with Gasteiger partial charge >= 0.3 is 0 Å². The summed E-state index contributed by atoms with van der Waals surface area (Å²) in [6.45, 7) is 2.64. The molecule has 0 spiro atoms. The molecular weight excluding hydrogens is 327 g/mol. The summed E-state index contributed by atoms with van der Waals surface area (Å²) >= 11 is 0. The average Bonchev–Trinajstić information content (AvgIpc) is 2.58. The Hall–Kier alpha value is -2.56. The van der Waals surface area contributed by atoms with Crippen molar-refractivity contribution in [2.45, 2.75) is 19.8 Å². The van der Waals surface area contributed by atoms with Crippen LogP contribution in [0.25, 0.3) is 6.08 Å². The van der Waals surface area contributed by atoms with Crippen molar-refractivity contribution in [3.63, 3.8) is 0 Å². The van der Waals surface area contributed by atoms with Crippen LogP contribution in [0.1, 0.15) is 35.7 Å². The highest BCUT2D eigenvalue weighted by Gasteiger charge is 2.21. The maximum atomic E-state index is 14.0. The molecule has 130 valence electrons. The lowest BCUT2D eigenvalue weighted by molar-refractivity contribution is 0.101. The van der Waals surface area contributed by atoms with Gasteiger partial charge in [0.2, 0.25) is 0 Å². The van der Waals surface area contributed by atoms with Gasteiger partial charge in [-0.3, -0.25) is 4.79 Å². The van der Waals surface area contributed by atoms with Crippen LogP contribution in [0.3, 0.4) is 0 Å². The smallest absolute Gasteiger partial charge is 0.164 e. The van der Waals surface area contributed by atoms with Gasteiger partial charge in [-0.05, 0) is 49.6 Å². The highest BCUT2D eigenvalue weighted by molar-refractivity contribution is 6.00. The fourth-order valence-electron chi connectivity index (χ4n) is 3.14. The van der Waals surface area contributed by atoms with E-state index in [4.69, 9.17) is 0 Å². The molecule has 0 unspecified atom stereocenters. The van der Waals surface area contributed by atoms with Gasteiger partial charge in [0.05, 0.1) is 11.3 Å².